The predicted molar refractivity (Wildman–Crippen MR) is 73.6 cm³/mol. The minimum atomic E-state index is -0.739. The molecule has 1 unspecified atom stereocenters. The number of rotatable bonds is 4. The first kappa shape index (κ1) is 14.0. The molecule has 5 heteroatoms. The molecular weight excluding hydrogens is 313 g/mol. The van der Waals surface area contributed by atoms with Crippen molar-refractivity contribution in [2.24, 2.45) is 0 Å². The molecule has 0 aliphatic carbocycles. The fourth-order valence-corrected chi connectivity index (χ4v) is 2.17. The topological polar surface area (TPSA) is 42.4 Å². The largest absolute Gasteiger partial charge is 0.481 e. The first-order chi connectivity index (χ1) is 9.11. The van der Waals surface area contributed by atoms with Gasteiger partial charge >= 0.3 is 0 Å². The van der Waals surface area contributed by atoms with E-state index in [1.54, 1.807) is 30.5 Å². The molecule has 0 spiro atoms. The molecule has 0 fully saturated rings. The zero-order chi connectivity index (χ0) is 13.8. The van der Waals surface area contributed by atoms with Gasteiger partial charge in [0.15, 0.2) is 0 Å². The summed E-state index contributed by atoms with van der Waals surface area (Å²) in [4.78, 5) is 4.03. The van der Waals surface area contributed by atoms with Crippen LogP contribution in [0.2, 0.25) is 0 Å². The normalized spacial score (nSPS) is 12.2. The number of aliphatic hydroxyl groups excluding tert-OH is 1. The zero-order valence-corrected chi connectivity index (χ0v) is 11.9. The SMILES string of the molecule is COc1ccc(C(O)Cc2cccc(F)c2Br)cn1. The van der Waals surface area contributed by atoms with Crippen LogP contribution in [0.15, 0.2) is 41.0 Å². The molecule has 2 aromatic rings. The highest BCUT2D eigenvalue weighted by Gasteiger charge is 2.13. The van der Waals surface area contributed by atoms with Gasteiger partial charge in [0.25, 0.3) is 0 Å². The Kier molecular flexibility index (Phi) is 4.50. The Morgan fingerprint density at radius 3 is 2.79 bits per heavy atom. The van der Waals surface area contributed by atoms with Crippen LogP contribution in [0.5, 0.6) is 5.88 Å². The van der Waals surface area contributed by atoms with E-state index >= 15 is 0 Å². The van der Waals surface area contributed by atoms with Crippen LogP contribution in [0.1, 0.15) is 17.2 Å². The fourth-order valence-electron chi connectivity index (χ4n) is 1.74. The highest BCUT2D eigenvalue weighted by atomic mass is 79.9. The lowest BCUT2D eigenvalue weighted by molar-refractivity contribution is 0.177. The highest BCUT2D eigenvalue weighted by Crippen LogP contribution is 2.26. The van der Waals surface area contributed by atoms with E-state index in [1.807, 2.05) is 0 Å². The maximum absolute atomic E-state index is 13.4. The quantitative estimate of drug-likeness (QED) is 0.938. The summed E-state index contributed by atoms with van der Waals surface area (Å²) in [6, 6.07) is 8.18. The number of hydrogen-bond acceptors (Lipinski definition) is 3. The molecule has 0 radical (unpaired) electrons. The van der Waals surface area contributed by atoms with Crippen molar-refractivity contribution in [2.45, 2.75) is 12.5 Å². The van der Waals surface area contributed by atoms with Crippen LogP contribution < -0.4 is 4.74 Å². The van der Waals surface area contributed by atoms with Crippen molar-refractivity contribution in [3.8, 4) is 5.88 Å². The monoisotopic (exact) mass is 325 g/mol. The van der Waals surface area contributed by atoms with E-state index in [9.17, 15) is 9.50 Å². The number of methoxy groups -OCH3 is 1. The second-order valence-corrected chi connectivity index (χ2v) is 4.86. The molecule has 0 aliphatic heterocycles. The second-order valence-electron chi connectivity index (χ2n) is 4.07. The number of benzene rings is 1. The Morgan fingerprint density at radius 2 is 2.16 bits per heavy atom. The van der Waals surface area contributed by atoms with Gasteiger partial charge in [-0.05, 0) is 39.2 Å². The third-order valence-electron chi connectivity index (χ3n) is 2.80. The van der Waals surface area contributed by atoms with Gasteiger partial charge in [-0.25, -0.2) is 9.37 Å². The summed E-state index contributed by atoms with van der Waals surface area (Å²) in [5.41, 5.74) is 1.38. The molecule has 1 heterocycles. The van der Waals surface area contributed by atoms with E-state index in [2.05, 4.69) is 20.9 Å². The number of aromatic nitrogens is 1. The summed E-state index contributed by atoms with van der Waals surface area (Å²) in [6.45, 7) is 0. The van der Waals surface area contributed by atoms with Crippen molar-refractivity contribution in [3.05, 3.63) is 57.9 Å². The molecule has 0 aliphatic rings. The van der Waals surface area contributed by atoms with Crippen molar-refractivity contribution in [3.63, 3.8) is 0 Å². The average Bonchev–Trinajstić information content (AvgIpc) is 2.44. The molecule has 0 saturated heterocycles. The van der Waals surface area contributed by atoms with E-state index in [4.69, 9.17) is 4.74 Å². The smallest absolute Gasteiger partial charge is 0.212 e. The Labute approximate surface area is 119 Å². The molecule has 0 saturated carbocycles. The highest BCUT2D eigenvalue weighted by molar-refractivity contribution is 9.10. The van der Waals surface area contributed by atoms with Gasteiger partial charge in [0, 0.05) is 18.7 Å². The van der Waals surface area contributed by atoms with Gasteiger partial charge in [-0.3, -0.25) is 0 Å². The molecule has 3 nitrogen and oxygen atoms in total. The number of pyridine rings is 1. The molecule has 1 atom stereocenters. The van der Waals surface area contributed by atoms with Crippen molar-refractivity contribution in [1.29, 1.82) is 0 Å². The zero-order valence-electron chi connectivity index (χ0n) is 10.3. The van der Waals surface area contributed by atoms with Crippen LogP contribution in [0.3, 0.4) is 0 Å². The summed E-state index contributed by atoms with van der Waals surface area (Å²) >= 11 is 3.18. The minimum absolute atomic E-state index is 0.312. The Morgan fingerprint density at radius 1 is 1.37 bits per heavy atom. The first-order valence-electron chi connectivity index (χ1n) is 5.72. The average molecular weight is 326 g/mol. The predicted octanol–water partition coefficient (Wildman–Crippen LogP) is 3.27. The molecule has 0 bridgehead atoms. The Hall–Kier alpha value is -1.46. The van der Waals surface area contributed by atoms with Crippen molar-refractivity contribution >= 4 is 15.9 Å². The first-order valence-corrected chi connectivity index (χ1v) is 6.52. The molecular formula is C14H13BrFNO2. The summed E-state index contributed by atoms with van der Waals surface area (Å²) < 4.78 is 18.7. The van der Waals surface area contributed by atoms with Crippen LogP contribution in [-0.2, 0) is 6.42 Å². The van der Waals surface area contributed by atoms with E-state index in [0.717, 1.165) is 0 Å². The summed E-state index contributed by atoms with van der Waals surface area (Å²) in [5, 5.41) is 10.1. The van der Waals surface area contributed by atoms with Gasteiger partial charge in [0.1, 0.15) is 5.82 Å². The van der Waals surface area contributed by atoms with Crippen LogP contribution in [0.4, 0.5) is 4.39 Å². The lowest BCUT2D eigenvalue weighted by atomic mass is 10.0. The third kappa shape index (κ3) is 3.30. The standard InChI is InChI=1S/C14H13BrFNO2/c1-19-13-6-5-10(8-17-13)12(18)7-9-3-2-4-11(16)14(9)15/h2-6,8,12,18H,7H2,1H3. The molecule has 2 rings (SSSR count). The molecule has 1 N–H and O–H groups in total. The van der Waals surface area contributed by atoms with Crippen molar-refractivity contribution in [1.82, 2.24) is 4.98 Å². The summed E-state index contributed by atoms with van der Waals surface area (Å²) in [7, 11) is 1.53. The van der Waals surface area contributed by atoms with E-state index in [0.29, 0.717) is 27.9 Å². The van der Waals surface area contributed by atoms with E-state index < -0.39 is 6.10 Å². The maximum Gasteiger partial charge on any atom is 0.212 e. The molecule has 0 amide bonds. The van der Waals surface area contributed by atoms with E-state index in [1.165, 1.54) is 13.2 Å². The van der Waals surface area contributed by atoms with Crippen LogP contribution in [0, 0.1) is 5.82 Å². The maximum atomic E-state index is 13.4. The molecule has 100 valence electrons. The van der Waals surface area contributed by atoms with Gasteiger partial charge in [0.05, 0.1) is 17.7 Å². The van der Waals surface area contributed by atoms with Gasteiger partial charge in [-0.15, -0.1) is 0 Å². The lowest BCUT2D eigenvalue weighted by Gasteiger charge is -2.12. The fraction of sp³-hybridized carbons (Fsp3) is 0.214. The van der Waals surface area contributed by atoms with Crippen LogP contribution in [0.25, 0.3) is 0 Å². The number of ether oxygens (including phenoxy) is 1. The van der Waals surface area contributed by atoms with Gasteiger partial charge in [-0.2, -0.15) is 0 Å². The number of hydrogen-bond donors (Lipinski definition) is 1. The van der Waals surface area contributed by atoms with Crippen molar-refractivity contribution < 1.29 is 14.2 Å². The van der Waals surface area contributed by atoms with E-state index in [-0.39, 0.29) is 5.82 Å². The summed E-state index contributed by atoms with van der Waals surface area (Å²) in [5.74, 6) is 0.153. The minimum Gasteiger partial charge on any atom is -0.481 e. The molecule has 19 heavy (non-hydrogen) atoms. The Bertz CT molecular complexity index is 560. The second kappa shape index (κ2) is 6.12. The number of aliphatic hydroxyl groups is 1. The van der Waals surface area contributed by atoms with Gasteiger partial charge in [-0.1, -0.05) is 12.1 Å². The number of halogens is 2. The third-order valence-corrected chi connectivity index (χ3v) is 3.69. The van der Waals surface area contributed by atoms with Gasteiger partial charge < -0.3 is 9.84 Å². The lowest BCUT2D eigenvalue weighted by Crippen LogP contribution is -2.04. The van der Waals surface area contributed by atoms with Crippen LogP contribution in [-0.4, -0.2) is 17.2 Å². The van der Waals surface area contributed by atoms with Crippen LogP contribution >= 0.6 is 15.9 Å². The van der Waals surface area contributed by atoms with Gasteiger partial charge in [0.2, 0.25) is 5.88 Å². The number of nitrogens with zero attached hydrogens (tertiary/aromatic N) is 1. The van der Waals surface area contributed by atoms with Crippen molar-refractivity contribution in [2.75, 3.05) is 7.11 Å². The molecule has 1 aromatic heterocycles. The Balaban J connectivity index is 2.15. The molecule has 1 aromatic carbocycles. The summed E-state index contributed by atoms with van der Waals surface area (Å²) in [6.07, 6.45) is 1.12.